The van der Waals surface area contributed by atoms with E-state index in [0.717, 1.165) is 11.2 Å². The largest absolute Gasteiger partial charge is 0.493 e. The number of ether oxygens (including phenoxy) is 3. The number of anilines is 1. The lowest BCUT2D eigenvalue weighted by molar-refractivity contribution is 0.102. The minimum absolute atomic E-state index is 0.316. The zero-order chi connectivity index (χ0) is 21.1. The molecule has 1 N–H and O–H groups in total. The summed E-state index contributed by atoms with van der Waals surface area (Å²) in [6.07, 6.45) is 0. The number of methoxy groups -OCH3 is 3. The molecule has 8 nitrogen and oxygen atoms in total. The van der Waals surface area contributed by atoms with Gasteiger partial charge in [-0.05, 0) is 42.5 Å². The average Bonchev–Trinajstić information content (AvgIpc) is 3.22. The fourth-order valence-corrected chi connectivity index (χ4v) is 3.08. The maximum atomic E-state index is 12.8. The zero-order valence-electron chi connectivity index (χ0n) is 16.7. The third-order valence-corrected chi connectivity index (χ3v) is 4.55. The van der Waals surface area contributed by atoms with Crippen molar-refractivity contribution in [2.24, 2.45) is 0 Å². The van der Waals surface area contributed by atoms with E-state index in [9.17, 15) is 4.79 Å². The summed E-state index contributed by atoms with van der Waals surface area (Å²) in [5.74, 6) is 0.922. The average molecular weight is 404 g/mol. The molecule has 0 atom stereocenters. The van der Waals surface area contributed by atoms with Gasteiger partial charge in [-0.25, -0.2) is 0 Å². The van der Waals surface area contributed by atoms with E-state index in [1.807, 2.05) is 36.4 Å². The van der Waals surface area contributed by atoms with Crippen LogP contribution in [0.15, 0.2) is 60.7 Å². The van der Waals surface area contributed by atoms with E-state index in [-0.39, 0.29) is 5.91 Å². The van der Waals surface area contributed by atoms with Crippen LogP contribution in [0.4, 0.5) is 5.69 Å². The molecule has 1 amide bonds. The summed E-state index contributed by atoms with van der Waals surface area (Å²) in [7, 11) is 4.52. The number of aromatic nitrogens is 3. The molecule has 0 saturated carbocycles. The van der Waals surface area contributed by atoms with Crippen molar-refractivity contribution in [3.63, 3.8) is 0 Å². The van der Waals surface area contributed by atoms with Crippen LogP contribution in [0, 0.1) is 0 Å². The molecule has 0 aliphatic carbocycles. The summed E-state index contributed by atoms with van der Waals surface area (Å²) in [5, 5.41) is 11.8. The van der Waals surface area contributed by atoms with Crippen LogP contribution < -0.4 is 19.5 Å². The van der Waals surface area contributed by atoms with Gasteiger partial charge >= 0.3 is 0 Å². The lowest BCUT2D eigenvalue weighted by Gasteiger charge is -2.14. The highest BCUT2D eigenvalue weighted by atomic mass is 16.5. The van der Waals surface area contributed by atoms with Gasteiger partial charge in [0.2, 0.25) is 5.75 Å². The number of amides is 1. The van der Waals surface area contributed by atoms with Crippen LogP contribution in [0.2, 0.25) is 0 Å². The van der Waals surface area contributed by atoms with Gasteiger partial charge < -0.3 is 19.5 Å². The summed E-state index contributed by atoms with van der Waals surface area (Å²) in [5.41, 5.74) is 3.22. The molecule has 0 aliphatic heterocycles. The van der Waals surface area contributed by atoms with Gasteiger partial charge in [-0.1, -0.05) is 18.2 Å². The van der Waals surface area contributed by atoms with E-state index >= 15 is 0 Å². The topological polar surface area (TPSA) is 87.5 Å². The first kappa shape index (κ1) is 19.3. The number of nitrogens with one attached hydrogen (secondary N) is 1. The van der Waals surface area contributed by atoms with Crippen molar-refractivity contribution in [3.05, 3.63) is 66.2 Å². The summed E-state index contributed by atoms with van der Waals surface area (Å²) < 4.78 is 15.9. The molecule has 0 bridgehead atoms. The van der Waals surface area contributed by atoms with Crippen molar-refractivity contribution in [1.82, 2.24) is 15.0 Å². The highest BCUT2D eigenvalue weighted by Crippen LogP contribution is 2.38. The first-order chi connectivity index (χ1) is 14.6. The van der Waals surface area contributed by atoms with Gasteiger partial charge in [0.25, 0.3) is 5.91 Å². The molecule has 0 fully saturated rings. The van der Waals surface area contributed by atoms with Crippen molar-refractivity contribution in [1.29, 1.82) is 0 Å². The molecule has 152 valence electrons. The maximum absolute atomic E-state index is 12.8. The molecular weight excluding hydrogens is 384 g/mol. The van der Waals surface area contributed by atoms with Crippen molar-refractivity contribution in [2.75, 3.05) is 26.6 Å². The summed E-state index contributed by atoms with van der Waals surface area (Å²) >= 11 is 0. The van der Waals surface area contributed by atoms with Crippen LogP contribution >= 0.6 is 0 Å². The van der Waals surface area contributed by atoms with E-state index < -0.39 is 0 Å². The highest BCUT2D eigenvalue weighted by molar-refractivity contribution is 6.05. The third kappa shape index (κ3) is 3.62. The van der Waals surface area contributed by atoms with Crippen LogP contribution in [-0.4, -0.2) is 42.2 Å². The molecule has 0 unspecified atom stereocenters. The van der Waals surface area contributed by atoms with Crippen LogP contribution in [0.5, 0.6) is 17.2 Å². The van der Waals surface area contributed by atoms with Crippen molar-refractivity contribution in [2.45, 2.75) is 0 Å². The number of carbonyl (C=O) groups excluding carboxylic acids is 1. The standard InChI is InChI=1S/C22H20N4O4/c1-28-19-11-14(12-20(29-2)21(19)30-3)22(27)23-15-9-10-17-18(13-15)25-26(24-17)16-7-5-4-6-8-16/h4-13H,1-3H3,(H,23,27). The Hall–Kier alpha value is -4.07. The van der Waals surface area contributed by atoms with E-state index in [0.29, 0.717) is 34.0 Å². The van der Waals surface area contributed by atoms with Gasteiger partial charge in [0.05, 0.1) is 27.0 Å². The lowest BCUT2D eigenvalue weighted by Crippen LogP contribution is -2.12. The van der Waals surface area contributed by atoms with Crippen molar-refractivity contribution < 1.29 is 19.0 Å². The Morgan fingerprint density at radius 2 is 1.50 bits per heavy atom. The molecule has 8 heteroatoms. The predicted octanol–water partition coefficient (Wildman–Crippen LogP) is 3.70. The number of fused-ring (bicyclic) bond motifs is 1. The summed E-state index contributed by atoms with van der Waals surface area (Å²) in [6.45, 7) is 0. The molecule has 1 heterocycles. The number of para-hydroxylation sites is 1. The zero-order valence-corrected chi connectivity index (χ0v) is 16.7. The van der Waals surface area contributed by atoms with Gasteiger partial charge in [0, 0.05) is 11.3 Å². The Balaban J connectivity index is 1.62. The second kappa shape index (κ2) is 8.12. The number of rotatable bonds is 6. The Morgan fingerprint density at radius 1 is 0.833 bits per heavy atom. The number of benzene rings is 3. The number of nitrogens with zero attached hydrogens (tertiary/aromatic N) is 3. The molecule has 30 heavy (non-hydrogen) atoms. The first-order valence-electron chi connectivity index (χ1n) is 9.17. The first-order valence-corrected chi connectivity index (χ1v) is 9.17. The van der Waals surface area contributed by atoms with Crippen molar-refractivity contribution in [3.8, 4) is 22.9 Å². The summed E-state index contributed by atoms with van der Waals surface area (Å²) in [6, 6.07) is 18.2. The number of hydrogen-bond donors (Lipinski definition) is 1. The smallest absolute Gasteiger partial charge is 0.255 e. The maximum Gasteiger partial charge on any atom is 0.255 e. The van der Waals surface area contributed by atoms with Crippen LogP contribution in [-0.2, 0) is 0 Å². The van der Waals surface area contributed by atoms with Crippen LogP contribution in [0.25, 0.3) is 16.7 Å². The SMILES string of the molecule is COc1cc(C(=O)Nc2ccc3nn(-c4ccccc4)nc3c2)cc(OC)c1OC. The highest BCUT2D eigenvalue weighted by Gasteiger charge is 2.17. The molecule has 0 saturated heterocycles. The quantitative estimate of drug-likeness (QED) is 0.527. The molecule has 3 aromatic carbocycles. The molecule has 0 spiro atoms. The van der Waals surface area contributed by atoms with E-state index in [2.05, 4.69) is 15.5 Å². The van der Waals surface area contributed by atoms with Crippen LogP contribution in [0.1, 0.15) is 10.4 Å². The molecule has 4 rings (SSSR count). The van der Waals surface area contributed by atoms with Gasteiger partial charge in [-0.3, -0.25) is 4.79 Å². The third-order valence-electron chi connectivity index (χ3n) is 4.55. The molecule has 0 radical (unpaired) electrons. The Morgan fingerprint density at radius 3 is 2.13 bits per heavy atom. The fraction of sp³-hybridized carbons (Fsp3) is 0.136. The molecule has 1 aromatic heterocycles. The van der Waals surface area contributed by atoms with Crippen LogP contribution in [0.3, 0.4) is 0 Å². The van der Waals surface area contributed by atoms with Gasteiger partial charge in [-0.15, -0.1) is 10.2 Å². The van der Waals surface area contributed by atoms with Gasteiger partial charge in [0.1, 0.15) is 11.0 Å². The van der Waals surface area contributed by atoms with E-state index in [1.165, 1.54) is 21.3 Å². The number of hydrogen-bond acceptors (Lipinski definition) is 6. The summed E-state index contributed by atoms with van der Waals surface area (Å²) in [4.78, 5) is 14.4. The molecular formula is C22H20N4O4. The van der Waals surface area contributed by atoms with Gasteiger partial charge in [0.15, 0.2) is 11.5 Å². The van der Waals surface area contributed by atoms with E-state index in [1.54, 1.807) is 29.1 Å². The Kier molecular flexibility index (Phi) is 5.21. The minimum atomic E-state index is -0.316. The van der Waals surface area contributed by atoms with Gasteiger partial charge in [-0.2, -0.15) is 4.80 Å². The monoisotopic (exact) mass is 404 g/mol. The molecule has 4 aromatic rings. The van der Waals surface area contributed by atoms with Crippen molar-refractivity contribution >= 4 is 22.6 Å². The number of carbonyl (C=O) groups is 1. The Bertz CT molecular complexity index is 1180. The Labute approximate surface area is 173 Å². The van der Waals surface area contributed by atoms with E-state index in [4.69, 9.17) is 14.2 Å². The lowest BCUT2D eigenvalue weighted by atomic mass is 10.1. The normalized spacial score (nSPS) is 10.6. The molecule has 0 aliphatic rings. The fourth-order valence-electron chi connectivity index (χ4n) is 3.08. The minimum Gasteiger partial charge on any atom is -0.493 e. The predicted molar refractivity (Wildman–Crippen MR) is 113 cm³/mol. The second-order valence-corrected chi connectivity index (χ2v) is 6.40. The second-order valence-electron chi connectivity index (χ2n) is 6.40.